The Kier molecular flexibility index (Phi) is 3.79. The number of carbonyl (C=O) groups is 1. The molecule has 0 fully saturated rings. The van der Waals surface area contributed by atoms with Crippen molar-refractivity contribution in [2.24, 2.45) is 0 Å². The van der Waals surface area contributed by atoms with Crippen LogP contribution in [0.2, 0.25) is 10.0 Å². The number of nitrogens with zero attached hydrogens (tertiary/aromatic N) is 1. The number of hydrogen-bond donors (Lipinski definition) is 1. The van der Waals surface area contributed by atoms with Crippen LogP contribution in [-0.4, -0.2) is 12.1 Å². The van der Waals surface area contributed by atoms with Crippen LogP contribution >= 0.6 is 23.2 Å². The fourth-order valence-corrected chi connectivity index (χ4v) is 2.93. The van der Waals surface area contributed by atoms with E-state index in [2.05, 4.69) is 11.4 Å². The van der Waals surface area contributed by atoms with Gasteiger partial charge < -0.3 is 5.32 Å². The number of para-hydroxylation sites is 1. The lowest BCUT2D eigenvalue weighted by Gasteiger charge is -2.23. The largest absolute Gasteiger partial charge is 0.326 e. The van der Waals surface area contributed by atoms with Crippen LogP contribution in [0.15, 0.2) is 42.5 Å². The Morgan fingerprint density at radius 3 is 2.71 bits per heavy atom. The minimum Gasteiger partial charge on any atom is -0.307 e. The molecule has 1 atom stereocenters. The van der Waals surface area contributed by atoms with E-state index in [1.165, 1.54) is 5.56 Å². The predicted octanol–water partition coefficient (Wildman–Crippen LogP) is 4.98. The van der Waals surface area contributed by atoms with Gasteiger partial charge in [0.25, 0.3) is 0 Å². The SMILES string of the molecule is C[C@H]1Cc2ccccc2N1C(=O)Nc1ccc(Cl)c(Cl)c1. The van der Waals surface area contributed by atoms with E-state index in [-0.39, 0.29) is 12.1 Å². The molecule has 0 saturated heterocycles. The van der Waals surface area contributed by atoms with Gasteiger partial charge in [0.15, 0.2) is 0 Å². The molecule has 0 aliphatic carbocycles. The molecule has 0 unspecified atom stereocenters. The van der Waals surface area contributed by atoms with Crippen molar-refractivity contribution in [1.29, 1.82) is 0 Å². The average Bonchev–Trinajstić information content (AvgIpc) is 2.78. The lowest BCUT2D eigenvalue weighted by molar-refractivity contribution is 0.256. The molecule has 0 radical (unpaired) electrons. The van der Waals surface area contributed by atoms with Crippen molar-refractivity contribution < 1.29 is 4.79 Å². The molecule has 21 heavy (non-hydrogen) atoms. The predicted molar refractivity (Wildman–Crippen MR) is 87.6 cm³/mol. The third-order valence-corrected chi connectivity index (χ3v) is 4.34. The fraction of sp³-hybridized carbons (Fsp3) is 0.188. The van der Waals surface area contributed by atoms with E-state index in [4.69, 9.17) is 23.2 Å². The topological polar surface area (TPSA) is 32.3 Å². The van der Waals surface area contributed by atoms with E-state index in [1.54, 1.807) is 23.1 Å². The molecule has 3 nitrogen and oxygen atoms in total. The number of carbonyl (C=O) groups excluding carboxylic acids is 1. The maximum atomic E-state index is 12.5. The number of amides is 2. The highest BCUT2D eigenvalue weighted by molar-refractivity contribution is 6.42. The van der Waals surface area contributed by atoms with Crippen LogP contribution in [-0.2, 0) is 6.42 Å². The van der Waals surface area contributed by atoms with Gasteiger partial charge in [-0.05, 0) is 43.2 Å². The summed E-state index contributed by atoms with van der Waals surface area (Å²) in [6.07, 6.45) is 0.866. The van der Waals surface area contributed by atoms with Gasteiger partial charge in [-0.2, -0.15) is 0 Å². The number of halogens is 2. The molecule has 108 valence electrons. The number of benzene rings is 2. The number of rotatable bonds is 1. The fourth-order valence-electron chi connectivity index (χ4n) is 2.63. The number of hydrogen-bond acceptors (Lipinski definition) is 1. The second-order valence-corrected chi connectivity index (χ2v) is 5.93. The highest BCUT2D eigenvalue weighted by atomic mass is 35.5. The first-order valence-corrected chi connectivity index (χ1v) is 7.45. The van der Waals surface area contributed by atoms with Gasteiger partial charge >= 0.3 is 6.03 Å². The highest BCUT2D eigenvalue weighted by Crippen LogP contribution is 2.32. The second kappa shape index (κ2) is 5.58. The van der Waals surface area contributed by atoms with Crippen LogP contribution in [0.25, 0.3) is 0 Å². The first-order valence-electron chi connectivity index (χ1n) is 6.69. The zero-order chi connectivity index (χ0) is 15.0. The van der Waals surface area contributed by atoms with Gasteiger partial charge in [-0.15, -0.1) is 0 Å². The molecule has 2 aromatic carbocycles. The minimum absolute atomic E-state index is 0.130. The Balaban J connectivity index is 1.84. The second-order valence-electron chi connectivity index (χ2n) is 5.11. The van der Waals surface area contributed by atoms with Crippen molar-refractivity contribution in [2.45, 2.75) is 19.4 Å². The lowest BCUT2D eigenvalue weighted by Crippen LogP contribution is -2.39. The maximum absolute atomic E-state index is 12.5. The monoisotopic (exact) mass is 320 g/mol. The zero-order valence-corrected chi connectivity index (χ0v) is 12.9. The van der Waals surface area contributed by atoms with Gasteiger partial charge in [-0.1, -0.05) is 41.4 Å². The van der Waals surface area contributed by atoms with Crippen LogP contribution in [0.4, 0.5) is 16.2 Å². The molecule has 1 aliphatic rings. The summed E-state index contributed by atoms with van der Waals surface area (Å²) in [5, 5.41) is 3.75. The Morgan fingerprint density at radius 1 is 1.19 bits per heavy atom. The van der Waals surface area contributed by atoms with E-state index >= 15 is 0 Å². The van der Waals surface area contributed by atoms with E-state index in [1.807, 2.05) is 25.1 Å². The summed E-state index contributed by atoms with van der Waals surface area (Å²) < 4.78 is 0. The molecule has 5 heteroatoms. The lowest BCUT2D eigenvalue weighted by atomic mass is 10.1. The maximum Gasteiger partial charge on any atom is 0.326 e. The number of urea groups is 1. The third-order valence-electron chi connectivity index (χ3n) is 3.60. The molecule has 1 heterocycles. The molecule has 0 aromatic heterocycles. The van der Waals surface area contributed by atoms with Gasteiger partial charge in [-0.3, -0.25) is 4.90 Å². The first kappa shape index (κ1) is 14.2. The quantitative estimate of drug-likeness (QED) is 0.789. The average molecular weight is 321 g/mol. The Morgan fingerprint density at radius 2 is 1.95 bits per heavy atom. The van der Waals surface area contributed by atoms with E-state index < -0.39 is 0 Å². The summed E-state index contributed by atoms with van der Waals surface area (Å²) >= 11 is 11.8. The van der Waals surface area contributed by atoms with Gasteiger partial charge in [0.2, 0.25) is 0 Å². The standard InChI is InChI=1S/C16H14Cl2N2O/c1-10-8-11-4-2-3-5-15(11)20(10)16(21)19-12-6-7-13(17)14(18)9-12/h2-7,9-10H,8H2,1H3,(H,19,21)/t10-/m0/s1. The minimum atomic E-state index is -0.161. The van der Waals surface area contributed by atoms with Crippen LogP contribution < -0.4 is 10.2 Å². The van der Waals surface area contributed by atoms with Crippen molar-refractivity contribution in [3.8, 4) is 0 Å². The highest BCUT2D eigenvalue weighted by Gasteiger charge is 2.30. The molecule has 1 aliphatic heterocycles. The van der Waals surface area contributed by atoms with Crippen molar-refractivity contribution in [2.75, 3.05) is 10.2 Å². The van der Waals surface area contributed by atoms with Crippen molar-refractivity contribution in [3.63, 3.8) is 0 Å². The molecule has 0 bridgehead atoms. The molecule has 3 rings (SSSR count). The zero-order valence-electron chi connectivity index (χ0n) is 11.4. The van der Waals surface area contributed by atoms with E-state index in [9.17, 15) is 4.79 Å². The van der Waals surface area contributed by atoms with Gasteiger partial charge in [0.1, 0.15) is 0 Å². The molecular formula is C16H14Cl2N2O. The molecule has 2 aromatic rings. The number of nitrogens with one attached hydrogen (secondary N) is 1. The molecular weight excluding hydrogens is 307 g/mol. The number of anilines is 2. The summed E-state index contributed by atoms with van der Waals surface area (Å²) in [4.78, 5) is 14.3. The summed E-state index contributed by atoms with van der Waals surface area (Å²) in [7, 11) is 0. The number of fused-ring (bicyclic) bond motifs is 1. The Bertz CT molecular complexity index is 702. The summed E-state index contributed by atoms with van der Waals surface area (Å²) in [5.74, 6) is 0. The Hall–Kier alpha value is -1.71. The van der Waals surface area contributed by atoms with Crippen LogP contribution in [0.5, 0.6) is 0 Å². The molecule has 0 saturated carbocycles. The van der Waals surface area contributed by atoms with Crippen molar-refractivity contribution in [1.82, 2.24) is 0 Å². The van der Waals surface area contributed by atoms with Crippen LogP contribution in [0.3, 0.4) is 0 Å². The van der Waals surface area contributed by atoms with Gasteiger partial charge in [0.05, 0.1) is 10.0 Å². The van der Waals surface area contributed by atoms with Crippen LogP contribution in [0, 0.1) is 0 Å². The van der Waals surface area contributed by atoms with E-state index in [0.717, 1.165) is 12.1 Å². The van der Waals surface area contributed by atoms with Gasteiger partial charge in [-0.25, -0.2) is 4.79 Å². The van der Waals surface area contributed by atoms with Crippen molar-refractivity contribution in [3.05, 3.63) is 58.1 Å². The van der Waals surface area contributed by atoms with Crippen LogP contribution in [0.1, 0.15) is 12.5 Å². The summed E-state index contributed by atoms with van der Waals surface area (Å²) in [6, 6.07) is 13.0. The molecule has 0 spiro atoms. The smallest absolute Gasteiger partial charge is 0.307 e. The van der Waals surface area contributed by atoms with Gasteiger partial charge in [0, 0.05) is 17.4 Å². The Labute approximate surface area is 133 Å². The summed E-state index contributed by atoms with van der Waals surface area (Å²) in [6.45, 7) is 2.04. The van der Waals surface area contributed by atoms with E-state index in [0.29, 0.717) is 15.7 Å². The van der Waals surface area contributed by atoms with Crippen molar-refractivity contribution >= 4 is 40.6 Å². The first-order chi connectivity index (χ1) is 10.1. The molecule has 1 N–H and O–H groups in total. The summed E-state index contributed by atoms with van der Waals surface area (Å²) in [5.41, 5.74) is 2.78. The molecule has 2 amide bonds. The normalized spacial score (nSPS) is 16.7. The third kappa shape index (κ3) is 2.71.